The lowest BCUT2D eigenvalue weighted by Crippen LogP contribution is -2.22. The van der Waals surface area contributed by atoms with Gasteiger partial charge in [0.2, 0.25) is 5.01 Å². The Morgan fingerprint density at radius 3 is 2.61 bits per heavy atom. The van der Waals surface area contributed by atoms with Gasteiger partial charge >= 0.3 is 0 Å². The molecule has 0 radical (unpaired) electrons. The number of carbonyl (C=O) groups excluding carboxylic acids is 1. The summed E-state index contributed by atoms with van der Waals surface area (Å²) in [5, 5.41) is 14.3. The van der Waals surface area contributed by atoms with Crippen molar-refractivity contribution in [3.63, 3.8) is 0 Å². The number of hydrogen-bond acceptors (Lipinski definition) is 7. The number of methoxy groups -OCH3 is 1. The molecule has 6 nitrogen and oxygen atoms in total. The predicted molar refractivity (Wildman–Crippen MR) is 128 cm³/mol. The predicted octanol–water partition coefficient (Wildman–Crippen LogP) is 4.88. The van der Waals surface area contributed by atoms with Crippen LogP contribution in [0.15, 0.2) is 66.0 Å². The van der Waals surface area contributed by atoms with E-state index < -0.39 is 0 Å². The Balaban J connectivity index is 1.42. The van der Waals surface area contributed by atoms with E-state index in [0.29, 0.717) is 24.6 Å². The van der Waals surface area contributed by atoms with E-state index in [9.17, 15) is 9.18 Å². The first-order chi connectivity index (χ1) is 16.1. The van der Waals surface area contributed by atoms with Crippen LogP contribution in [0.3, 0.4) is 0 Å². The van der Waals surface area contributed by atoms with Gasteiger partial charge in [-0.15, -0.1) is 21.5 Å². The van der Waals surface area contributed by atoms with Crippen LogP contribution >= 0.6 is 22.7 Å². The van der Waals surface area contributed by atoms with Crippen molar-refractivity contribution in [1.82, 2.24) is 20.4 Å². The minimum atomic E-state index is -0.306. The van der Waals surface area contributed by atoms with Crippen LogP contribution < -0.4 is 10.1 Å². The Hall–Kier alpha value is -3.14. The summed E-state index contributed by atoms with van der Waals surface area (Å²) in [7, 11) is 1.67. The van der Waals surface area contributed by atoms with E-state index in [4.69, 9.17) is 4.74 Å². The largest absolute Gasteiger partial charge is 0.496 e. The molecule has 0 unspecified atom stereocenters. The molecule has 2 heterocycles. The lowest BCUT2D eigenvalue weighted by atomic mass is 10.2. The van der Waals surface area contributed by atoms with Crippen LogP contribution in [0.1, 0.15) is 30.8 Å². The fourth-order valence-corrected chi connectivity index (χ4v) is 4.87. The molecule has 4 aromatic rings. The molecule has 0 bridgehead atoms. The van der Waals surface area contributed by atoms with Gasteiger partial charge in [0.05, 0.1) is 13.7 Å². The zero-order valence-corrected chi connectivity index (χ0v) is 19.7. The van der Waals surface area contributed by atoms with Crippen LogP contribution in [0.25, 0.3) is 0 Å². The summed E-state index contributed by atoms with van der Waals surface area (Å²) in [5.41, 5.74) is 1.90. The molecular formula is C24H23FN4O2S2. The molecular weight excluding hydrogens is 459 g/mol. The van der Waals surface area contributed by atoms with Gasteiger partial charge in [0.15, 0.2) is 0 Å². The maximum Gasteiger partial charge on any atom is 0.282 e. The maximum atomic E-state index is 13.0. The lowest BCUT2D eigenvalue weighted by molar-refractivity contribution is 0.0950. The van der Waals surface area contributed by atoms with Crippen LogP contribution in [0.4, 0.5) is 4.39 Å². The molecule has 170 valence electrons. The highest BCUT2D eigenvalue weighted by atomic mass is 32.1. The number of nitrogens with one attached hydrogen (secondary N) is 1. The third-order valence-corrected chi connectivity index (χ3v) is 6.70. The number of aromatic nitrogens is 2. The van der Waals surface area contributed by atoms with Gasteiger partial charge in [-0.25, -0.2) is 4.39 Å². The molecule has 1 amide bonds. The minimum absolute atomic E-state index is 0.294. The van der Waals surface area contributed by atoms with Crippen LogP contribution in [-0.4, -0.2) is 28.1 Å². The summed E-state index contributed by atoms with van der Waals surface area (Å²) in [4.78, 5) is 16.0. The molecule has 0 atom stereocenters. The Labute approximate surface area is 199 Å². The van der Waals surface area contributed by atoms with Gasteiger partial charge < -0.3 is 10.1 Å². The Kier molecular flexibility index (Phi) is 7.77. The Bertz CT molecular complexity index is 1180. The van der Waals surface area contributed by atoms with Gasteiger partial charge in [-0.3, -0.25) is 9.69 Å². The van der Waals surface area contributed by atoms with Crippen molar-refractivity contribution in [3.8, 4) is 5.75 Å². The third kappa shape index (κ3) is 6.44. The second kappa shape index (κ2) is 11.1. The standard InChI is InChI=1S/C24H23FN4O2S2/c1-31-21-7-3-2-5-18(21)14-29(15-20-6-4-12-32-20)16-22-27-28-24(33-22)23(30)26-13-17-8-10-19(25)11-9-17/h2-12H,13-16H2,1H3,(H,26,30). The summed E-state index contributed by atoms with van der Waals surface area (Å²) in [6, 6.07) is 18.1. The molecule has 0 fully saturated rings. The van der Waals surface area contributed by atoms with Crippen molar-refractivity contribution in [2.75, 3.05) is 7.11 Å². The molecule has 0 saturated heterocycles. The van der Waals surface area contributed by atoms with Crippen LogP contribution in [-0.2, 0) is 26.2 Å². The van der Waals surface area contributed by atoms with E-state index >= 15 is 0 Å². The highest BCUT2D eigenvalue weighted by Gasteiger charge is 2.17. The SMILES string of the molecule is COc1ccccc1CN(Cc1cccs1)Cc1nnc(C(=O)NCc2ccc(F)cc2)s1. The average molecular weight is 483 g/mol. The van der Waals surface area contributed by atoms with Gasteiger partial charge in [-0.2, -0.15) is 0 Å². The number of benzene rings is 2. The number of halogens is 1. The van der Waals surface area contributed by atoms with Crippen molar-refractivity contribution >= 4 is 28.6 Å². The number of para-hydroxylation sites is 1. The van der Waals surface area contributed by atoms with Gasteiger partial charge in [0.25, 0.3) is 5.91 Å². The summed E-state index contributed by atoms with van der Waals surface area (Å²) in [6.45, 7) is 2.28. The first-order valence-electron chi connectivity index (χ1n) is 10.3. The molecule has 0 aliphatic carbocycles. The molecule has 4 rings (SSSR count). The van der Waals surface area contributed by atoms with Crippen LogP contribution in [0.5, 0.6) is 5.75 Å². The van der Waals surface area contributed by atoms with E-state index in [2.05, 4.69) is 37.9 Å². The van der Waals surface area contributed by atoms with Crippen molar-refractivity contribution < 1.29 is 13.9 Å². The molecule has 33 heavy (non-hydrogen) atoms. The van der Waals surface area contributed by atoms with Crippen molar-refractivity contribution in [2.45, 2.75) is 26.2 Å². The number of rotatable bonds is 10. The number of carbonyl (C=O) groups is 1. The lowest BCUT2D eigenvalue weighted by Gasteiger charge is -2.21. The fourth-order valence-electron chi connectivity index (χ4n) is 3.33. The van der Waals surface area contributed by atoms with Gasteiger partial charge in [0.1, 0.15) is 16.6 Å². The first-order valence-corrected chi connectivity index (χ1v) is 12.0. The smallest absolute Gasteiger partial charge is 0.282 e. The summed E-state index contributed by atoms with van der Waals surface area (Å²) >= 11 is 2.98. The molecule has 2 aromatic carbocycles. The quantitative estimate of drug-likeness (QED) is 0.349. The fraction of sp³-hybridized carbons (Fsp3) is 0.208. The van der Waals surface area contributed by atoms with Crippen molar-refractivity contribution in [2.24, 2.45) is 0 Å². The molecule has 0 spiro atoms. The van der Waals surface area contributed by atoms with E-state index in [-0.39, 0.29) is 11.7 Å². The van der Waals surface area contributed by atoms with Crippen LogP contribution in [0, 0.1) is 5.82 Å². The summed E-state index contributed by atoms with van der Waals surface area (Å²) < 4.78 is 18.6. The first kappa shape index (κ1) is 23.0. The number of nitrogens with zero attached hydrogens (tertiary/aromatic N) is 3. The van der Waals surface area contributed by atoms with E-state index in [1.165, 1.54) is 28.3 Å². The highest BCUT2D eigenvalue weighted by Crippen LogP contribution is 2.23. The van der Waals surface area contributed by atoms with E-state index in [1.54, 1.807) is 30.6 Å². The molecule has 1 N–H and O–H groups in total. The monoisotopic (exact) mass is 482 g/mol. The molecule has 0 aliphatic heterocycles. The minimum Gasteiger partial charge on any atom is -0.496 e. The van der Waals surface area contributed by atoms with Crippen molar-refractivity contribution in [3.05, 3.63) is 97.9 Å². The van der Waals surface area contributed by atoms with Crippen LogP contribution in [0.2, 0.25) is 0 Å². The van der Waals surface area contributed by atoms with E-state index in [0.717, 1.165) is 28.4 Å². The highest BCUT2D eigenvalue weighted by molar-refractivity contribution is 7.13. The van der Waals surface area contributed by atoms with E-state index in [1.807, 2.05) is 24.3 Å². The van der Waals surface area contributed by atoms with Crippen molar-refractivity contribution in [1.29, 1.82) is 0 Å². The Morgan fingerprint density at radius 1 is 1.03 bits per heavy atom. The van der Waals surface area contributed by atoms with Gasteiger partial charge in [-0.05, 0) is 35.2 Å². The zero-order valence-electron chi connectivity index (χ0n) is 18.0. The number of hydrogen-bond donors (Lipinski definition) is 1. The van der Waals surface area contributed by atoms with Gasteiger partial charge in [0, 0.05) is 30.1 Å². The molecule has 9 heteroatoms. The molecule has 2 aromatic heterocycles. The average Bonchev–Trinajstić information content (AvgIpc) is 3.51. The summed E-state index contributed by atoms with van der Waals surface area (Å²) in [6.07, 6.45) is 0. The number of thiophene rings is 1. The molecule has 0 saturated carbocycles. The second-order valence-corrected chi connectivity index (χ2v) is 9.44. The number of ether oxygens (including phenoxy) is 1. The third-order valence-electron chi connectivity index (χ3n) is 4.93. The maximum absolute atomic E-state index is 13.0. The normalized spacial score (nSPS) is 11.0. The molecule has 0 aliphatic rings. The number of amides is 1. The Morgan fingerprint density at radius 2 is 1.85 bits per heavy atom. The summed E-state index contributed by atoms with van der Waals surface area (Å²) in [5.74, 6) is 0.239. The zero-order chi connectivity index (χ0) is 23.0. The van der Waals surface area contributed by atoms with Gasteiger partial charge in [-0.1, -0.05) is 47.7 Å². The topological polar surface area (TPSA) is 67.3 Å². The second-order valence-electron chi connectivity index (χ2n) is 7.35.